The Morgan fingerprint density at radius 1 is 0.410 bits per heavy atom. The molecule has 10 aromatic carbocycles. The SMILES string of the molecule is CC(C)c1cc(-c2ccccc2)cc(C(C)C)c1-n1c(-c2[c-]c(Oc3[c-]c(-c4nc5ccccc5n4-c4c(C(C)C)cc(-c5ccccc5)cc4C(C)C)c4oc5nc6c(ccc7ccccc76)cc5c4c3)ccc2)nc2ccccc21.[Pt+2]. The minimum Gasteiger partial charge on any atom is -0.497 e. The van der Waals surface area contributed by atoms with E-state index in [1.165, 1.54) is 44.5 Å². The van der Waals surface area contributed by atoms with Gasteiger partial charge in [0.05, 0.1) is 44.8 Å². The number of hydrogen-bond acceptors (Lipinski definition) is 5. The zero-order valence-corrected chi connectivity index (χ0v) is 50.0. The Morgan fingerprint density at radius 3 is 1.49 bits per heavy atom. The van der Waals surface area contributed by atoms with Gasteiger partial charge in [0.25, 0.3) is 0 Å². The zero-order chi connectivity index (χ0) is 55.9. The number of fused-ring (bicyclic) bond motifs is 8. The van der Waals surface area contributed by atoms with E-state index in [4.69, 9.17) is 24.1 Å². The summed E-state index contributed by atoms with van der Waals surface area (Å²) in [5, 5.41) is 4.90. The zero-order valence-electron chi connectivity index (χ0n) is 47.7. The topological polar surface area (TPSA) is 70.9 Å². The fraction of sp³-hybridized carbons (Fsp3) is 0.160. The molecule has 7 nitrogen and oxygen atoms in total. The number of rotatable bonds is 12. The van der Waals surface area contributed by atoms with E-state index in [1.54, 1.807) is 0 Å². The van der Waals surface area contributed by atoms with Crippen LogP contribution in [0.2, 0.25) is 0 Å². The second kappa shape index (κ2) is 21.4. The van der Waals surface area contributed by atoms with Crippen LogP contribution in [-0.2, 0) is 21.1 Å². The van der Waals surface area contributed by atoms with Crippen molar-refractivity contribution in [2.24, 2.45) is 0 Å². The van der Waals surface area contributed by atoms with Gasteiger partial charge in [-0.25, -0.2) is 4.98 Å². The van der Waals surface area contributed by atoms with E-state index in [2.05, 4.69) is 259 Å². The van der Waals surface area contributed by atoms with Crippen molar-refractivity contribution < 1.29 is 30.2 Å². The maximum atomic E-state index is 7.14. The van der Waals surface area contributed by atoms with Crippen LogP contribution in [0.4, 0.5) is 0 Å². The summed E-state index contributed by atoms with van der Waals surface area (Å²) in [5.74, 6) is 3.23. The van der Waals surface area contributed by atoms with Gasteiger partial charge in [-0.3, -0.25) is 9.97 Å². The molecule has 0 radical (unpaired) electrons. The molecule has 0 aliphatic heterocycles. The maximum Gasteiger partial charge on any atom is 2.00 e. The number of pyridine rings is 1. The number of furan rings is 1. The van der Waals surface area contributed by atoms with Gasteiger partial charge in [0.1, 0.15) is 0 Å². The van der Waals surface area contributed by atoms with Crippen molar-refractivity contribution in [3.8, 4) is 67.9 Å². The van der Waals surface area contributed by atoms with Crippen molar-refractivity contribution in [1.29, 1.82) is 0 Å². The Hall–Kier alpha value is -8.90. The Bertz CT molecular complexity index is 4740. The Balaban J connectivity index is 0.00000645. The van der Waals surface area contributed by atoms with Crippen LogP contribution in [0.3, 0.4) is 0 Å². The number of ether oxygens (including phenoxy) is 1. The molecule has 0 bridgehead atoms. The van der Waals surface area contributed by atoms with Gasteiger partial charge in [-0.15, -0.1) is 23.8 Å². The molecule has 0 aliphatic rings. The summed E-state index contributed by atoms with van der Waals surface area (Å²) in [6.07, 6.45) is 0. The monoisotopic (exact) mass is 1260 g/mol. The second-order valence-electron chi connectivity index (χ2n) is 23.0. The Morgan fingerprint density at radius 2 is 0.916 bits per heavy atom. The van der Waals surface area contributed by atoms with Crippen LogP contribution in [0, 0.1) is 12.1 Å². The quantitative estimate of drug-likeness (QED) is 0.0900. The van der Waals surface area contributed by atoms with Crippen molar-refractivity contribution in [1.82, 2.24) is 24.1 Å². The van der Waals surface area contributed by atoms with Gasteiger partial charge >= 0.3 is 21.1 Å². The number of benzene rings is 10. The summed E-state index contributed by atoms with van der Waals surface area (Å²) >= 11 is 0. The minimum atomic E-state index is 0. The third-order valence-corrected chi connectivity index (χ3v) is 16.2. The van der Waals surface area contributed by atoms with Gasteiger partial charge in [0.2, 0.25) is 5.71 Å². The minimum absolute atomic E-state index is 0. The number of imidazole rings is 2. The molecule has 0 fully saturated rings. The predicted octanol–water partition coefficient (Wildman–Crippen LogP) is 20.5. The van der Waals surface area contributed by atoms with Crippen LogP contribution in [0.25, 0.3) is 122 Å². The Labute approximate surface area is 498 Å². The molecule has 0 saturated carbocycles. The molecule has 8 heteroatoms. The summed E-state index contributed by atoms with van der Waals surface area (Å²) in [6, 6.07) is 78.2. The van der Waals surface area contributed by atoms with Gasteiger partial charge in [-0.1, -0.05) is 200 Å². The maximum absolute atomic E-state index is 7.14. The third-order valence-electron chi connectivity index (χ3n) is 16.2. The average molecular weight is 1260 g/mol. The number of aromatic nitrogens is 5. The van der Waals surface area contributed by atoms with Crippen LogP contribution in [0.1, 0.15) is 101 Å². The summed E-state index contributed by atoms with van der Waals surface area (Å²) in [7, 11) is 0. The average Bonchev–Trinajstić information content (AvgIpc) is 3.21. The molecule has 0 N–H and O–H groups in total. The third kappa shape index (κ3) is 9.32. The van der Waals surface area contributed by atoms with Crippen molar-refractivity contribution in [2.45, 2.75) is 79.1 Å². The second-order valence-corrected chi connectivity index (χ2v) is 23.0. The van der Waals surface area contributed by atoms with E-state index in [0.717, 1.165) is 77.3 Å². The number of hydrogen-bond donors (Lipinski definition) is 0. The summed E-state index contributed by atoms with van der Waals surface area (Å²) in [4.78, 5) is 16.3. The molecule has 0 amide bonds. The summed E-state index contributed by atoms with van der Waals surface area (Å²) < 4.78 is 18.9. The molecule has 14 aromatic rings. The van der Waals surface area contributed by atoms with Gasteiger partial charge in [-0.2, -0.15) is 0 Å². The first kappa shape index (κ1) is 53.4. The van der Waals surface area contributed by atoms with Crippen LogP contribution >= 0.6 is 0 Å². The van der Waals surface area contributed by atoms with Gasteiger partial charge in [0.15, 0.2) is 0 Å². The summed E-state index contributed by atoms with van der Waals surface area (Å²) in [6.45, 7) is 18.3. The van der Waals surface area contributed by atoms with E-state index < -0.39 is 0 Å². The number of para-hydroxylation sites is 4. The van der Waals surface area contributed by atoms with E-state index in [-0.39, 0.29) is 44.7 Å². The fourth-order valence-electron chi connectivity index (χ4n) is 12.2. The first-order chi connectivity index (χ1) is 39.9. The van der Waals surface area contributed by atoms with Crippen LogP contribution in [0.5, 0.6) is 11.5 Å². The Kier molecular flexibility index (Phi) is 13.8. The molecular weight excluding hydrogens is 1200 g/mol. The molecule has 0 spiro atoms. The van der Waals surface area contributed by atoms with Crippen molar-refractivity contribution in [2.75, 3.05) is 0 Å². The molecular formula is C75H61N5O2Pt. The first-order valence-corrected chi connectivity index (χ1v) is 28.7. The van der Waals surface area contributed by atoms with E-state index in [1.807, 2.05) is 18.2 Å². The largest absolute Gasteiger partial charge is 2.00 e. The van der Waals surface area contributed by atoms with Gasteiger partial charge in [-0.05, 0) is 134 Å². The molecule has 14 rings (SSSR count). The molecule has 83 heavy (non-hydrogen) atoms. The standard InChI is InChI=1S/C75H61N5O2.Pt/c1-44(2)58-38-53(48-22-11-9-12-23-48)39-59(45(3)4)70(58)79-67-32-19-17-30-65(67)76-73(79)52-27-21-28-55(36-52)81-56-42-62-63-37-51-35-34-50-26-15-16-29-57(50)69(51)78-75(63)82-72(62)64(43-56)74-77-66-31-18-20-33-68(66)80(74)71-60(46(5)6)40-54(41-61(71)47(7)8)49-24-13-10-14-25-49;/h9-35,37-42,44-47H,1-8H3;/q-2;+2. The normalized spacial score (nSPS) is 12.0. The molecule has 0 unspecified atom stereocenters. The van der Waals surface area contributed by atoms with Crippen LogP contribution in [-0.4, -0.2) is 24.1 Å². The fourth-order valence-corrected chi connectivity index (χ4v) is 12.2. The van der Waals surface area contributed by atoms with Gasteiger partial charge < -0.3 is 18.3 Å². The predicted molar refractivity (Wildman–Crippen MR) is 338 cm³/mol. The molecule has 4 aromatic heterocycles. The van der Waals surface area contributed by atoms with E-state index in [0.29, 0.717) is 34.2 Å². The van der Waals surface area contributed by atoms with E-state index >= 15 is 0 Å². The van der Waals surface area contributed by atoms with Crippen molar-refractivity contribution in [3.05, 3.63) is 235 Å². The first-order valence-electron chi connectivity index (χ1n) is 28.7. The van der Waals surface area contributed by atoms with Crippen molar-refractivity contribution in [3.63, 3.8) is 0 Å². The molecule has 0 atom stereocenters. The summed E-state index contributed by atoms with van der Waals surface area (Å²) in [5.41, 5.74) is 19.2. The number of nitrogens with zero attached hydrogens (tertiary/aromatic N) is 5. The molecule has 0 aliphatic carbocycles. The van der Waals surface area contributed by atoms with Crippen molar-refractivity contribution >= 4 is 65.8 Å². The van der Waals surface area contributed by atoms with Gasteiger partial charge in [0, 0.05) is 39.0 Å². The van der Waals surface area contributed by atoms with Crippen LogP contribution < -0.4 is 4.74 Å². The molecule has 0 saturated heterocycles. The smallest absolute Gasteiger partial charge is 0.497 e. The molecule has 408 valence electrons. The van der Waals surface area contributed by atoms with E-state index in [9.17, 15) is 0 Å². The van der Waals surface area contributed by atoms with Crippen LogP contribution in [0.15, 0.2) is 205 Å². The molecule has 4 heterocycles.